The summed E-state index contributed by atoms with van der Waals surface area (Å²) in [5, 5.41) is 16.2. The first-order valence-electron chi connectivity index (χ1n) is 12.7. The van der Waals surface area contributed by atoms with E-state index < -0.39 is 17.7 Å². The molecule has 0 bridgehead atoms. The predicted octanol–water partition coefficient (Wildman–Crippen LogP) is 3.04. The number of anilines is 1. The smallest absolute Gasteiger partial charge is 0.115 e. The number of carbonyl (C=O) groups excluding carboxylic acids is 2. The van der Waals surface area contributed by atoms with Crippen molar-refractivity contribution in [2.45, 2.75) is 56.0 Å². The Labute approximate surface area is 239 Å². The van der Waals surface area contributed by atoms with Crippen LogP contribution in [0.3, 0.4) is 0 Å². The number of carbonyl (C=O) groups is 2. The number of alkyl carbamates (subject to hydrolysis) is 1. The quantitative estimate of drug-likeness (QED) is 0.363. The molecule has 0 aromatic carbocycles. The maximum absolute atomic E-state index is 13.3. The van der Waals surface area contributed by atoms with Crippen LogP contribution in [0.2, 0.25) is 11.1 Å². The van der Waals surface area contributed by atoms with Crippen LogP contribution in [0.1, 0.15) is 32.8 Å². The van der Waals surface area contributed by atoms with Crippen LogP contribution in [-0.4, -0.2) is 89.7 Å². The van der Waals surface area contributed by atoms with Crippen molar-refractivity contribution in [1.82, 2.24) is 30.2 Å². The van der Waals surface area contributed by atoms with Gasteiger partial charge in [0.1, 0.15) is 11.6 Å². The molecule has 3 aromatic rings. The summed E-state index contributed by atoms with van der Waals surface area (Å²) < 4.78 is 10.5. The molecule has 0 unspecified atom stereocenters. The molecular weight excluding hydrogens is 579 g/mol. The van der Waals surface area contributed by atoms with Crippen LogP contribution in [0, 0.1) is 11.3 Å². The van der Waals surface area contributed by atoms with Crippen LogP contribution in [0.15, 0.2) is 30.7 Å². The van der Waals surface area contributed by atoms with Gasteiger partial charge in [-0.2, -0.15) is 5.26 Å². The average Bonchev–Trinajstić information content (AvgIpc) is 3.39. The second-order valence-electron chi connectivity index (χ2n) is 10.2. The molecule has 0 saturated carbocycles. The van der Waals surface area contributed by atoms with Crippen molar-refractivity contribution in [2.24, 2.45) is 0 Å². The largest absolute Gasteiger partial charge is 0.192 e. The van der Waals surface area contributed by atoms with Crippen LogP contribution < -0.4 is 15.4 Å². The molecule has 1 aliphatic heterocycles. The number of fused-ring (bicyclic) bond motifs is 1. The second-order valence-corrected chi connectivity index (χ2v) is 12.2. The number of ether oxygens (including phenoxy) is 2. The number of hydrogen-bond acceptors (Lipinski definition) is 10. The molecule has 1 saturated heterocycles. The molecule has 40 heavy (non-hydrogen) atoms. The van der Waals surface area contributed by atoms with Gasteiger partial charge in [0.25, 0.3) is 0 Å². The van der Waals surface area contributed by atoms with Gasteiger partial charge >= 0.3 is 187 Å². The van der Waals surface area contributed by atoms with E-state index in [0.717, 1.165) is 0 Å². The molecule has 1 aliphatic rings. The Morgan fingerprint density at radius 2 is 2.08 bits per heavy atom. The molecule has 0 aliphatic carbocycles. The zero-order valence-electron chi connectivity index (χ0n) is 23.1. The third kappa shape index (κ3) is 6.94. The van der Waals surface area contributed by atoms with Crippen LogP contribution >= 0.6 is 0 Å². The number of hydrogen-bond donors (Lipinski definition) is 2. The fourth-order valence-electron chi connectivity index (χ4n) is 4.32. The first kappa shape index (κ1) is 29.0. The number of nitrogens with zero attached hydrogens (tertiary/aromatic N) is 6. The van der Waals surface area contributed by atoms with Gasteiger partial charge in [-0.25, -0.2) is 4.98 Å². The Hall–Kier alpha value is -4.01. The van der Waals surface area contributed by atoms with Crippen molar-refractivity contribution in [1.29, 1.82) is 5.26 Å². The molecule has 4 heterocycles. The molecular formula is C27H32N8O4Se. The first-order valence-corrected chi connectivity index (χ1v) is 15.6. The van der Waals surface area contributed by atoms with Gasteiger partial charge in [0.2, 0.25) is 5.88 Å². The van der Waals surface area contributed by atoms with Crippen LogP contribution in [0.25, 0.3) is 22.3 Å². The SMILES string of the molecule is COc1ncc(-c2ccc3ncnc(N[C@H]4CCN(C(=O)[C@H](C[Se]C)NC(=O)OC(C)(C)C)C4)c3n2)cc1C#N. The molecule has 1 fully saturated rings. The number of pyridine rings is 2. The topological polar surface area (TPSA) is 155 Å². The Morgan fingerprint density at radius 3 is 2.77 bits per heavy atom. The van der Waals surface area contributed by atoms with Gasteiger partial charge < -0.3 is 4.74 Å². The van der Waals surface area contributed by atoms with Crippen molar-refractivity contribution in [3.63, 3.8) is 0 Å². The Balaban J connectivity index is 1.49. The van der Waals surface area contributed by atoms with Crippen molar-refractivity contribution in [3.05, 3.63) is 36.3 Å². The maximum Gasteiger partial charge on any atom is 0.115 e. The van der Waals surface area contributed by atoms with E-state index in [1.807, 2.05) is 18.0 Å². The van der Waals surface area contributed by atoms with E-state index in [9.17, 15) is 14.9 Å². The summed E-state index contributed by atoms with van der Waals surface area (Å²) in [5.41, 5.74) is 2.15. The number of likely N-dealkylation sites (tertiary alicyclic amines) is 1. The number of aromatic nitrogens is 4. The molecule has 12 nitrogen and oxygen atoms in total. The summed E-state index contributed by atoms with van der Waals surface area (Å²) in [6.45, 7) is 6.37. The minimum atomic E-state index is -0.645. The fraction of sp³-hybridized carbons (Fsp3) is 0.444. The van der Waals surface area contributed by atoms with E-state index in [2.05, 4.69) is 31.7 Å². The average molecular weight is 612 g/mol. The monoisotopic (exact) mass is 612 g/mol. The summed E-state index contributed by atoms with van der Waals surface area (Å²) in [6.07, 6.45) is 3.19. The van der Waals surface area contributed by atoms with E-state index in [1.165, 1.54) is 13.4 Å². The Kier molecular flexibility index (Phi) is 9.02. The van der Waals surface area contributed by atoms with Crippen molar-refractivity contribution < 1.29 is 19.1 Å². The number of amides is 2. The standard InChI is InChI=1S/C27H32N8O4Se/c1-27(2,3)39-26(37)34-21(14-40-5)25(36)35-9-8-18(13-35)32-23-22-20(30-15-31-23)7-6-19(33-22)17-10-16(11-28)24(38-4)29-12-17/h6-7,10,12,15,18,21H,8-9,13-14H2,1-5H3,(H,34,37)(H,30,31,32)/t18-,21-/m0/s1. The number of nitriles is 1. The third-order valence-corrected chi connectivity index (χ3v) is 7.50. The van der Waals surface area contributed by atoms with Crippen LogP contribution in [0.5, 0.6) is 5.88 Å². The number of methoxy groups -OCH3 is 1. The Morgan fingerprint density at radius 1 is 1.27 bits per heavy atom. The van der Waals surface area contributed by atoms with E-state index >= 15 is 0 Å². The molecule has 0 radical (unpaired) electrons. The van der Waals surface area contributed by atoms with Gasteiger partial charge in [-0.05, 0) is 6.07 Å². The van der Waals surface area contributed by atoms with E-state index in [1.54, 1.807) is 37.9 Å². The van der Waals surface area contributed by atoms with Crippen molar-refractivity contribution in [2.75, 3.05) is 25.5 Å². The second kappa shape index (κ2) is 12.4. The molecule has 2 amide bonds. The third-order valence-electron chi connectivity index (χ3n) is 6.11. The summed E-state index contributed by atoms with van der Waals surface area (Å²) in [6, 6.07) is 6.73. The van der Waals surface area contributed by atoms with E-state index in [-0.39, 0.29) is 32.8 Å². The molecule has 0 spiro atoms. The van der Waals surface area contributed by atoms with Crippen molar-refractivity contribution in [3.8, 4) is 23.2 Å². The molecule has 210 valence electrons. The van der Waals surface area contributed by atoms with Gasteiger partial charge in [-0.3, -0.25) is 0 Å². The molecule has 13 heteroatoms. The first-order chi connectivity index (χ1) is 19.1. The zero-order valence-corrected chi connectivity index (χ0v) is 24.8. The Bertz CT molecular complexity index is 1440. The van der Waals surface area contributed by atoms with Gasteiger partial charge in [0.05, 0.1) is 7.11 Å². The van der Waals surface area contributed by atoms with Crippen LogP contribution in [0.4, 0.5) is 10.6 Å². The molecule has 3 aromatic heterocycles. The van der Waals surface area contributed by atoms with Gasteiger partial charge in [0.15, 0.2) is 0 Å². The maximum atomic E-state index is 13.3. The van der Waals surface area contributed by atoms with E-state index in [0.29, 0.717) is 58.5 Å². The summed E-state index contributed by atoms with van der Waals surface area (Å²) in [7, 11) is 1.46. The minimum absolute atomic E-state index is 0.0605. The van der Waals surface area contributed by atoms with Gasteiger partial charge in [-0.15, -0.1) is 0 Å². The minimum Gasteiger partial charge on any atom is -0.192 e. The summed E-state index contributed by atoms with van der Waals surface area (Å²) in [4.78, 5) is 45.2. The van der Waals surface area contributed by atoms with Crippen molar-refractivity contribution >= 4 is 43.8 Å². The summed E-state index contributed by atoms with van der Waals surface area (Å²) in [5.74, 6) is 2.71. The van der Waals surface area contributed by atoms with Gasteiger partial charge in [-0.1, -0.05) is 0 Å². The number of rotatable bonds is 8. The number of nitrogens with one attached hydrogen (secondary N) is 2. The fourth-order valence-corrected chi connectivity index (χ4v) is 5.50. The predicted molar refractivity (Wildman–Crippen MR) is 150 cm³/mol. The molecule has 2 N–H and O–H groups in total. The van der Waals surface area contributed by atoms with Crippen LogP contribution in [-0.2, 0) is 9.53 Å². The molecule has 2 atom stereocenters. The summed E-state index contributed by atoms with van der Waals surface area (Å²) >= 11 is 0.184. The van der Waals surface area contributed by atoms with Gasteiger partial charge in [0, 0.05) is 6.20 Å². The van der Waals surface area contributed by atoms with E-state index in [4.69, 9.17) is 14.5 Å². The zero-order chi connectivity index (χ0) is 28.9. The normalized spacial score (nSPS) is 15.8. The molecule has 4 rings (SSSR count).